The summed E-state index contributed by atoms with van der Waals surface area (Å²) < 4.78 is 5.48. The number of aliphatic hydroxyl groups excluding tert-OH is 2. The molecule has 0 bridgehead atoms. The highest BCUT2D eigenvalue weighted by Gasteiger charge is 2.44. The van der Waals surface area contributed by atoms with Crippen molar-refractivity contribution in [3.8, 4) is 5.75 Å². The summed E-state index contributed by atoms with van der Waals surface area (Å²) in [5, 5.41) is 29.5. The predicted octanol–water partition coefficient (Wildman–Crippen LogP) is 2.80. The quantitative estimate of drug-likeness (QED) is 0.662. The highest BCUT2D eigenvalue weighted by atomic mass is 16.5. The molecule has 1 saturated carbocycles. The normalized spacial score (nSPS) is 28.3. The van der Waals surface area contributed by atoms with Gasteiger partial charge in [-0.25, -0.2) is 4.79 Å². The van der Waals surface area contributed by atoms with Crippen LogP contribution in [0, 0.1) is 17.8 Å². The van der Waals surface area contributed by atoms with Crippen molar-refractivity contribution in [3.63, 3.8) is 0 Å². The van der Waals surface area contributed by atoms with Gasteiger partial charge < -0.3 is 20.1 Å². The van der Waals surface area contributed by atoms with Gasteiger partial charge in [0.2, 0.25) is 0 Å². The molecule has 0 aromatic heterocycles. The Balaban J connectivity index is 1.70. The maximum absolute atomic E-state index is 10.8. The second kappa shape index (κ2) is 8.40. The molecule has 0 radical (unpaired) electrons. The Labute approximate surface area is 155 Å². The van der Waals surface area contributed by atoms with Gasteiger partial charge in [-0.3, -0.25) is 0 Å². The van der Waals surface area contributed by atoms with Crippen LogP contribution in [-0.2, 0) is 17.6 Å². The van der Waals surface area contributed by atoms with Gasteiger partial charge in [0.05, 0.1) is 12.2 Å². The molecule has 1 aromatic carbocycles. The lowest BCUT2D eigenvalue weighted by atomic mass is 9.73. The van der Waals surface area contributed by atoms with Crippen molar-refractivity contribution >= 4 is 5.97 Å². The fraction of sp³-hybridized carbons (Fsp3) is 0.667. The number of rotatable bonds is 8. The van der Waals surface area contributed by atoms with Crippen LogP contribution in [0.25, 0.3) is 0 Å². The zero-order valence-corrected chi connectivity index (χ0v) is 15.4. The average Bonchev–Trinajstić information content (AvgIpc) is 2.90. The molecule has 0 heterocycles. The number of aliphatic hydroxyl groups is 2. The maximum Gasteiger partial charge on any atom is 0.341 e. The molecule has 0 saturated heterocycles. The first-order valence-electron chi connectivity index (χ1n) is 9.81. The number of hydrogen-bond donors (Lipinski definition) is 3. The summed E-state index contributed by atoms with van der Waals surface area (Å²) in [7, 11) is 0. The van der Waals surface area contributed by atoms with Gasteiger partial charge in [-0.05, 0) is 73.5 Å². The van der Waals surface area contributed by atoms with Gasteiger partial charge in [-0.15, -0.1) is 0 Å². The fourth-order valence-electron chi connectivity index (χ4n) is 4.94. The van der Waals surface area contributed by atoms with Crippen molar-refractivity contribution in [3.05, 3.63) is 29.3 Å². The molecule has 5 nitrogen and oxygen atoms in total. The molecule has 2 aliphatic rings. The number of hydrogen-bond acceptors (Lipinski definition) is 4. The minimum absolute atomic E-state index is 0.239. The third kappa shape index (κ3) is 4.21. The monoisotopic (exact) mass is 362 g/mol. The van der Waals surface area contributed by atoms with E-state index in [0.29, 0.717) is 17.6 Å². The molecule has 1 fully saturated rings. The Kier molecular flexibility index (Phi) is 6.20. The summed E-state index contributed by atoms with van der Waals surface area (Å²) in [6.07, 6.45) is 5.37. The Hall–Kier alpha value is -1.59. The van der Waals surface area contributed by atoms with Crippen LogP contribution in [-0.4, -0.2) is 40.1 Å². The van der Waals surface area contributed by atoms with Crippen LogP contribution in [0.5, 0.6) is 5.75 Å². The van der Waals surface area contributed by atoms with E-state index in [2.05, 4.69) is 13.0 Å². The Morgan fingerprint density at radius 3 is 2.85 bits per heavy atom. The minimum atomic E-state index is -0.974. The van der Waals surface area contributed by atoms with Gasteiger partial charge in [-0.2, -0.15) is 0 Å². The number of carboxylic acid groups (broad SMARTS) is 1. The van der Waals surface area contributed by atoms with E-state index >= 15 is 0 Å². The molecule has 2 aliphatic carbocycles. The Morgan fingerprint density at radius 2 is 2.12 bits per heavy atom. The summed E-state index contributed by atoms with van der Waals surface area (Å²) in [4.78, 5) is 10.8. The second-order valence-electron chi connectivity index (χ2n) is 7.90. The van der Waals surface area contributed by atoms with Crippen LogP contribution in [0.15, 0.2) is 18.2 Å². The number of ether oxygens (including phenoxy) is 1. The summed E-state index contributed by atoms with van der Waals surface area (Å²) in [6.45, 7) is 1.75. The van der Waals surface area contributed by atoms with Crippen LogP contribution in [0.1, 0.15) is 50.2 Å². The molecule has 5 heteroatoms. The lowest BCUT2D eigenvalue weighted by Crippen LogP contribution is -2.28. The van der Waals surface area contributed by atoms with E-state index in [4.69, 9.17) is 9.84 Å². The van der Waals surface area contributed by atoms with E-state index in [1.165, 1.54) is 5.56 Å². The Bertz CT molecular complexity index is 629. The molecular weight excluding hydrogens is 332 g/mol. The fourth-order valence-corrected chi connectivity index (χ4v) is 4.94. The molecule has 3 rings (SSSR count). The summed E-state index contributed by atoms with van der Waals surface area (Å²) in [6, 6.07) is 5.85. The minimum Gasteiger partial charge on any atom is -0.482 e. The van der Waals surface area contributed by atoms with Crippen LogP contribution in [0.2, 0.25) is 0 Å². The SMILES string of the molecule is CCC[C@H](O)CC[C@@H]1[C@H]2Cc3cccc(OCC(=O)O)c3C[C@H]2C[C@H]1O. The number of fused-ring (bicyclic) bond motifs is 2. The largest absolute Gasteiger partial charge is 0.482 e. The van der Waals surface area contributed by atoms with Crippen LogP contribution in [0.3, 0.4) is 0 Å². The summed E-state index contributed by atoms with van der Waals surface area (Å²) in [5.41, 5.74) is 2.32. The van der Waals surface area contributed by atoms with Crippen molar-refractivity contribution in [2.45, 2.75) is 64.1 Å². The molecule has 1 aromatic rings. The number of benzene rings is 1. The standard InChI is InChI=1S/C21H30O5/c1-2-4-15(22)7-8-16-17-9-13-5-3-6-20(26-12-21(24)25)18(13)10-14(17)11-19(16)23/h3,5-6,14-17,19,22-23H,2,4,7-12H2,1H3,(H,24,25)/t14-,15-,16+,17-,19+/m0/s1. The second-order valence-corrected chi connectivity index (χ2v) is 7.90. The van der Waals surface area contributed by atoms with Gasteiger partial charge in [0.25, 0.3) is 0 Å². The van der Waals surface area contributed by atoms with Crippen LogP contribution < -0.4 is 4.74 Å². The number of carboxylic acids is 1. The van der Waals surface area contributed by atoms with Gasteiger partial charge >= 0.3 is 5.97 Å². The first kappa shape index (κ1) is 19.2. The number of aliphatic carboxylic acids is 1. The first-order chi connectivity index (χ1) is 12.5. The third-order valence-corrected chi connectivity index (χ3v) is 6.15. The topological polar surface area (TPSA) is 87.0 Å². The van der Waals surface area contributed by atoms with E-state index in [0.717, 1.165) is 50.5 Å². The van der Waals surface area contributed by atoms with Gasteiger partial charge in [0.15, 0.2) is 6.61 Å². The third-order valence-electron chi connectivity index (χ3n) is 6.15. The molecule has 3 N–H and O–H groups in total. The zero-order valence-electron chi connectivity index (χ0n) is 15.4. The molecule has 5 atom stereocenters. The predicted molar refractivity (Wildman–Crippen MR) is 98.2 cm³/mol. The highest BCUT2D eigenvalue weighted by molar-refractivity contribution is 5.68. The summed E-state index contributed by atoms with van der Waals surface area (Å²) in [5.74, 6) is 0.766. The molecule has 26 heavy (non-hydrogen) atoms. The van der Waals surface area contributed by atoms with E-state index in [1.54, 1.807) is 0 Å². The van der Waals surface area contributed by atoms with Crippen molar-refractivity contribution in [1.29, 1.82) is 0 Å². The molecule has 0 aliphatic heterocycles. The van der Waals surface area contributed by atoms with E-state index in [1.807, 2.05) is 12.1 Å². The molecule has 144 valence electrons. The van der Waals surface area contributed by atoms with E-state index < -0.39 is 5.97 Å². The van der Waals surface area contributed by atoms with Crippen molar-refractivity contribution in [2.24, 2.45) is 17.8 Å². The van der Waals surface area contributed by atoms with Crippen molar-refractivity contribution in [2.75, 3.05) is 6.61 Å². The van der Waals surface area contributed by atoms with Crippen LogP contribution in [0.4, 0.5) is 0 Å². The van der Waals surface area contributed by atoms with E-state index in [9.17, 15) is 15.0 Å². The van der Waals surface area contributed by atoms with Gasteiger partial charge in [-0.1, -0.05) is 25.5 Å². The first-order valence-corrected chi connectivity index (χ1v) is 9.81. The molecule has 0 unspecified atom stereocenters. The highest BCUT2D eigenvalue weighted by Crippen LogP contribution is 2.48. The lowest BCUT2D eigenvalue weighted by molar-refractivity contribution is -0.139. The maximum atomic E-state index is 10.8. The molecular formula is C21H30O5. The average molecular weight is 362 g/mol. The number of carbonyl (C=O) groups is 1. The summed E-state index contributed by atoms with van der Waals surface area (Å²) >= 11 is 0. The van der Waals surface area contributed by atoms with Crippen LogP contribution >= 0.6 is 0 Å². The molecule has 0 spiro atoms. The van der Waals surface area contributed by atoms with E-state index in [-0.39, 0.29) is 24.7 Å². The Morgan fingerprint density at radius 1 is 1.31 bits per heavy atom. The molecule has 0 amide bonds. The van der Waals surface area contributed by atoms with Crippen molar-refractivity contribution < 1.29 is 24.9 Å². The smallest absolute Gasteiger partial charge is 0.341 e. The zero-order chi connectivity index (χ0) is 18.7. The van der Waals surface area contributed by atoms with Crippen molar-refractivity contribution in [1.82, 2.24) is 0 Å². The van der Waals surface area contributed by atoms with Gasteiger partial charge in [0.1, 0.15) is 5.75 Å². The lowest BCUT2D eigenvalue weighted by Gasteiger charge is -2.32. The van der Waals surface area contributed by atoms with Gasteiger partial charge in [0, 0.05) is 0 Å².